The van der Waals surface area contributed by atoms with Crippen molar-refractivity contribution in [1.29, 1.82) is 0 Å². The van der Waals surface area contributed by atoms with E-state index in [-0.39, 0.29) is 17.6 Å². The molecular weight excluding hydrogens is 234 g/mol. The van der Waals surface area contributed by atoms with E-state index in [4.69, 9.17) is 15.3 Å². The van der Waals surface area contributed by atoms with Crippen LogP contribution in [0, 0.1) is 5.25 Å². The van der Waals surface area contributed by atoms with Crippen LogP contribution >= 0.6 is 12.6 Å². The SMILES string of the molecule is CCOC(=O)[C@H](N)N1C=C([C](S)C=O)ON1. The van der Waals surface area contributed by atoms with Gasteiger partial charge in [0.05, 0.1) is 12.8 Å². The Labute approximate surface area is 97.9 Å². The van der Waals surface area contributed by atoms with Gasteiger partial charge in [-0.2, -0.15) is 12.6 Å². The number of nitrogens with two attached hydrogens (primary N) is 1. The molecule has 0 fully saturated rings. The van der Waals surface area contributed by atoms with Crippen LogP contribution < -0.4 is 11.3 Å². The van der Waals surface area contributed by atoms with Gasteiger partial charge in [0.15, 0.2) is 17.2 Å². The Hall–Kier alpha value is -1.25. The van der Waals surface area contributed by atoms with Crippen molar-refractivity contribution in [2.75, 3.05) is 6.61 Å². The molecule has 0 aromatic heterocycles. The molecule has 0 unspecified atom stereocenters. The molecular formula is C8H12N3O4S. The molecule has 16 heavy (non-hydrogen) atoms. The lowest BCUT2D eigenvalue weighted by molar-refractivity contribution is -0.152. The standard InChI is InChI=1S/C8H12N3O4S/c1-2-14-8(13)7(9)11-3-5(15-10-11)6(16)4-12/h3-4,7,10,16H,2,9H2,1H3/t7-/m1/s1. The highest BCUT2D eigenvalue weighted by Gasteiger charge is 2.28. The number of ether oxygens (including phenoxy) is 1. The molecule has 1 heterocycles. The van der Waals surface area contributed by atoms with Gasteiger partial charge in [-0.3, -0.25) is 5.01 Å². The monoisotopic (exact) mass is 246 g/mol. The van der Waals surface area contributed by atoms with Crippen LogP contribution in [0.25, 0.3) is 0 Å². The smallest absolute Gasteiger partial charge is 0.345 e. The first kappa shape index (κ1) is 12.8. The summed E-state index contributed by atoms with van der Waals surface area (Å²) >= 11 is 3.86. The van der Waals surface area contributed by atoms with E-state index >= 15 is 0 Å². The average Bonchev–Trinajstić information content (AvgIpc) is 2.76. The van der Waals surface area contributed by atoms with Crippen LogP contribution in [0.5, 0.6) is 0 Å². The van der Waals surface area contributed by atoms with E-state index < -0.39 is 12.1 Å². The zero-order valence-electron chi connectivity index (χ0n) is 8.54. The maximum absolute atomic E-state index is 11.3. The van der Waals surface area contributed by atoms with E-state index in [2.05, 4.69) is 18.2 Å². The number of aldehydes is 1. The lowest BCUT2D eigenvalue weighted by atomic mass is 10.4. The third kappa shape index (κ3) is 2.87. The van der Waals surface area contributed by atoms with Gasteiger partial charge in [-0.1, -0.05) is 5.59 Å². The second kappa shape index (κ2) is 5.73. The minimum absolute atomic E-state index is 0.0889. The molecule has 0 amide bonds. The number of esters is 1. The van der Waals surface area contributed by atoms with Crippen LogP contribution in [0.2, 0.25) is 0 Å². The van der Waals surface area contributed by atoms with E-state index in [1.54, 1.807) is 6.92 Å². The van der Waals surface area contributed by atoms with Crippen molar-refractivity contribution in [3.8, 4) is 0 Å². The van der Waals surface area contributed by atoms with Gasteiger partial charge in [0, 0.05) is 0 Å². The molecule has 8 heteroatoms. The Balaban J connectivity index is 2.60. The third-order valence-electron chi connectivity index (χ3n) is 1.71. The normalized spacial score (nSPS) is 16.8. The molecule has 1 rings (SSSR count). The molecule has 0 bridgehead atoms. The van der Waals surface area contributed by atoms with Gasteiger partial charge in [-0.05, 0) is 6.92 Å². The molecule has 3 N–H and O–H groups in total. The molecule has 1 radical (unpaired) electrons. The van der Waals surface area contributed by atoms with Crippen LogP contribution in [-0.4, -0.2) is 30.0 Å². The summed E-state index contributed by atoms with van der Waals surface area (Å²) in [4.78, 5) is 26.5. The van der Waals surface area contributed by atoms with Crippen molar-refractivity contribution in [3.63, 3.8) is 0 Å². The van der Waals surface area contributed by atoms with Gasteiger partial charge in [-0.15, -0.1) is 0 Å². The van der Waals surface area contributed by atoms with Crippen LogP contribution in [0.4, 0.5) is 0 Å². The molecule has 1 aliphatic rings. The van der Waals surface area contributed by atoms with E-state index in [1.165, 1.54) is 11.2 Å². The van der Waals surface area contributed by atoms with Crippen LogP contribution in [0.3, 0.4) is 0 Å². The van der Waals surface area contributed by atoms with E-state index in [1.807, 2.05) is 0 Å². The Bertz CT molecular complexity index is 310. The van der Waals surface area contributed by atoms with Gasteiger partial charge in [0.1, 0.15) is 6.29 Å². The summed E-state index contributed by atoms with van der Waals surface area (Å²) in [6.45, 7) is 1.90. The highest BCUT2D eigenvalue weighted by atomic mass is 32.1. The maximum atomic E-state index is 11.3. The van der Waals surface area contributed by atoms with Crippen LogP contribution in [0.15, 0.2) is 12.0 Å². The van der Waals surface area contributed by atoms with E-state index in [0.717, 1.165) is 0 Å². The Morgan fingerprint density at radius 1 is 1.88 bits per heavy atom. The molecule has 0 saturated carbocycles. The summed E-state index contributed by atoms with van der Waals surface area (Å²) in [5, 5.41) is 1.26. The number of hydrogen-bond donors (Lipinski definition) is 3. The molecule has 1 atom stereocenters. The number of carbonyl (C=O) groups excluding carboxylic acids is 2. The zero-order chi connectivity index (χ0) is 12.1. The first-order valence-corrected chi connectivity index (χ1v) is 4.91. The van der Waals surface area contributed by atoms with Crippen molar-refractivity contribution in [2.45, 2.75) is 13.1 Å². The first-order chi connectivity index (χ1) is 7.60. The topological polar surface area (TPSA) is 93.9 Å². The Morgan fingerprint density at radius 2 is 2.56 bits per heavy atom. The lowest BCUT2D eigenvalue weighted by Gasteiger charge is -2.19. The minimum atomic E-state index is -1.05. The fraction of sp³-hybridized carbons (Fsp3) is 0.375. The third-order valence-corrected chi connectivity index (χ3v) is 2.04. The summed E-state index contributed by atoms with van der Waals surface area (Å²) in [5.41, 5.74) is 7.90. The van der Waals surface area contributed by atoms with E-state index in [9.17, 15) is 9.59 Å². The second-order valence-electron chi connectivity index (χ2n) is 2.79. The summed E-state index contributed by atoms with van der Waals surface area (Å²) in [7, 11) is 0. The van der Waals surface area contributed by atoms with E-state index in [0.29, 0.717) is 6.29 Å². The van der Waals surface area contributed by atoms with Gasteiger partial charge in [0.25, 0.3) is 0 Å². The Kier molecular flexibility index (Phi) is 4.59. The number of nitrogens with one attached hydrogen (secondary N) is 1. The van der Waals surface area contributed by atoms with Crippen molar-refractivity contribution in [3.05, 3.63) is 17.2 Å². The Morgan fingerprint density at radius 3 is 3.12 bits per heavy atom. The van der Waals surface area contributed by atoms with Gasteiger partial charge < -0.3 is 20.1 Å². The largest absolute Gasteiger partial charge is 0.463 e. The van der Waals surface area contributed by atoms with Crippen LogP contribution in [-0.2, 0) is 19.2 Å². The maximum Gasteiger partial charge on any atom is 0.345 e. The number of thiol groups is 1. The fourth-order valence-corrected chi connectivity index (χ4v) is 1.04. The second-order valence-corrected chi connectivity index (χ2v) is 3.28. The number of hydrogen-bond acceptors (Lipinski definition) is 8. The summed E-state index contributed by atoms with van der Waals surface area (Å²) in [5.74, 6) is -0.430. The minimum Gasteiger partial charge on any atom is -0.463 e. The highest BCUT2D eigenvalue weighted by molar-refractivity contribution is 7.84. The molecule has 1 aliphatic heterocycles. The first-order valence-electron chi connectivity index (χ1n) is 4.46. The molecule has 0 aromatic carbocycles. The fourth-order valence-electron chi connectivity index (χ4n) is 0.936. The summed E-state index contributed by atoms with van der Waals surface area (Å²) < 4.78 is 4.71. The molecule has 0 spiro atoms. The predicted octanol–water partition coefficient (Wildman–Crippen LogP) is -0.912. The number of carbonyl (C=O) groups is 2. The highest BCUT2D eigenvalue weighted by Crippen LogP contribution is 2.20. The summed E-state index contributed by atoms with van der Waals surface area (Å²) in [6.07, 6.45) is 0.805. The molecule has 89 valence electrons. The molecule has 0 saturated heterocycles. The average molecular weight is 246 g/mol. The number of hydrazine groups is 1. The number of nitrogens with zero attached hydrogens (tertiary/aromatic N) is 1. The van der Waals surface area contributed by atoms with Crippen molar-refractivity contribution >= 4 is 24.9 Å². The summed E-state index contributed by atoms with van der Waals surface area (Å²) in [6, 6.07) is 0. The molecule has 0 aliphatic carbocycles. The van der Waals surface area contributed by atoms with Gasteiger partial charge >= 0.3 is 5.97 Å². The van der Waals surface area contributed by atoms with Crippen LogP contribution in [0.1, 0.15) is 6.92 Å². The van der Waals surface area contributed by atoms with Crippen molar-refractivity contribution in [1.82, 2.24) is 10.6 Å². The molecule has 0 aromatic rings. The van der Waals surface area contributed by atoms with Gasteiger partial charge in [-0.25, -0.2) is 4.79 Å². The van der Waals surface area contributed by atoms with Crippen molar-refractivity contribution in [2.24, 2.45) is 5.73 Å². The van der Waals surface area contributed by atoms with Gasteiger partial charge in [0.2, 0.25) is 0 Å². The molecule has 7 nitrogen and oxygen atoms in total. The number of rotatable bonds is 5. The lowest BCUT2D eigenvalue weighted by Crippen LogP contribution is -2.49. The van der Waals surface area contributed by atoms with Crippen molar-refractivity contribution < 1.29 is 19.2 Å². The quantitative estimate of drug-likeness (QED) is 0.328. The zero-order valence-corrected chi connectivity index (χ0v) is 9.44. The predicted molar refractivity (Wildman–Crippen MR) is 57.0 cm³/mol.